The smallest absolute Gasteiger partial charge is 0.190 e. The van der Waals surface area contributed by atoms with Crippen LogP contribution in [-0.2, 0) is 0 Å². The van der Waals surface area contributed by atoms with Gasteiger partial charge in [-0.25, -0.2) is 8.78 Å². The van der Waals surface area contributed by atoms with E-state index >= 15 is 0 Å². The van der Waals surface area contributed by atoms with Crippen LogP contribution in [0.15, 0.2) is 18.2 Å². The molecule has 0 bridgehead atoms. The molecule has 0 spiro atoms. The number of hydrogen-bond acceptors (Lipinski definition) is 3. The van der Waals surface area contributed by atoms with Gasteiger partial charge in [0.15, 0.2) is 17.4 Å². The Morgan fingerprint density at radius 2 is 1.93 bits per heavy atom. The second-order valence-electron chi connectivity index (χ2n) is 3.08. The molecule has 84 valence electrons. The van der Waals surface area contributed by atoms with Crippen molar-refractivity contribution in [1.82, 2.24) is 0 Å². The Balaban J connectivity index is 2.50. The first-order valence-electron chi connectivity index (χ1n) is 4.60. The van der Waals surface area contributed by atoms with Crippen LogP contribution >= 0.6 is 0 Å². The lowest BCUT2D eigenvalue weighted by molar-refractivity contribution is 0.143. The van der Waals surface area contributed by atoms with Crippen molar-refractivity contribution in [1.29, 1.82) is 0 Å². The second-order valence-corrected chi connectivity index (χ2v) is 3.08. The van der Waals surface area contributed by atoms with E-state index in [2.05, 4.69) is 0 Å². The molecule has 0 aliphatic heterocycles. The van der Waals surface area contributed by atoms with Crippen molar-refractivity contribution in [2.24, 2.45) is 5.73 Å². The van der Waals surface area contributed by atoms with Gasteiger partial charge >= 0.3 is 0 Å². The third-order valence-corrected chi connectivity index (χ3v) is 1.89. The van der Waals surface area contributed by atoms with Crippen LogP contribution in [0, 0.1) is 11.6 Å². The van der Waals surface area contributed by atoms with Gasteiger partial charge in [0.2, 0.25) is 0 Å². The lowest BCUT2D eigenvalue weighted by Gasteiger charge is -2.10. The Bertz CT molecular complexity index is 300. The average molecular weight is 217 g/mol. The summed E-state index contributed by atoms with van der Waals surface area (Å²) in [5.74, 6) is -1.92. The minimum Gasteiger partial charge on any atom is -0.488 e. The Kier molecular flexibility index (Phi) is 4.45. The largest absolute Gasteiger partial charge is 0.488 e. The quantitative estimate of drug-likeness (QED) is 0.775. The van der Waals surface area contributed by atoms with E-state index in [1.807, 2.05) is 0 Å². The molecule has 1 aromatic rings. The molecule has 0 aromatic heterocycles. The van der Waals surface area contributed by atoms with Crippen molar-refractivity contribution < 1.29 is 18.6 Å². The zero-order valence-electron chi connectivity index (χ0n) is 8.12. The van der Waals surface area contributed by atoms with Crippen molar-refractivity contribution in [3.8, 4) is 5.75 Å². The number of nitrogens with two attached hydrogens (primary N) is 1. The van der Waals surface area contributed by atoms with Crippen LogP contribution in [0.5, 0.6) is 5.75 Å². The van der Waals surface area contributed by atoms with E-state index in [1.54, 1.807) is 0 Å². The van der Waals surface area contributed by atoms with Crippen LogP contribution in [0.25, 0.3) is 0 Å². The highest BCUT2D eigenvalue weighted by Crippen LogP contribution is 2.20. The fourth-order valence-electron chi connectivity index (χ4n) is 1.04. The first kappa shape index (κ1) is 11.9. The standard InChI is InChI=1S/C10H13F2NO2/c11-8-2-1-3-9(12)10(8)15-5-4-7(14)6-13/h1-3,7,14H,4-6,13H2. The van der Waals surface area contributed by atoms with Gasteiger partial charge in [-0.1, -0.05) is 6.07 Å². The molecule has 0 aliphatic rings. The lowest BCUT2D eigenvalue weighted by atomic mass is 10.2. The number of hydrogen-bond donors (Lipinski definition) is 2. The molecule has 1 aromatic carbocycles. The zero-order chi connectivity index (χ0) is 11.3. The number of aliphatic hydroxyl groups is 1. The molecule has 3 nitrogen and oxygen atoms in total. The summed E-state index contributed by atoms with van der Waals surface area (Å²) in [6.45, 7) is 0.124. The summed E-state index contributed by atoms with van der Waals surface area (Å²) in [5.41, 5.74) is 5.16. The summed E-state index contributed by atoms with van der Waals surface area (Å²) in [6, 6.07) is 3.47. The van der Waals surface area contributed by atoms with E-state index in [9.17, 15) is 8.78 Å². The minimum atomic E-state index is -0.753. The molecular formula is C10H13F2NO2. The van der Waals surface area contributed by atoms with Gasteiger partial charge in [0.05, 0.1) is 12.7 Å². The zero-order valence-corrected chi connectivity index (χ0v) is 8.12. The van der Waals surface area contributed by atoms with Crippen LogP contribution < -0.4 is 10.5 Å². The first-order chi connectivity index (χ1) is 7.15. The van der Waals surface area contributed by atoms with Crippen molar-refractivity contribution in [3.63, 3.8) is 0 Å². The number of ether oxygens (including phenoxy) is 1. The van der Waals surface area contributed by atoms with Crippen LogP contribution in [0.2, 0.25) is 0 Å². The summed E-state index contributed by atoms with van der Waals surface area (Å²) < 4.78 is 30.9. The van der Waals surface area contributed by atoms with Gasteiger partial charge in [0, 0.05) is 13.0 Å². The van der Waals surface area contributed by atoms with Crippen LogP contribution in [0.3, 0.4) is 0 Å². The normalized spacial score (nSPS) is 12.5. The van der Waals surface area contributed by atoms with Crippen LogP contribution in [0.1, 0.15) is 6.42 Å². The number of benzene rings is 1. The number of para-hydroxylation sites is 1. The minimum absolute atomic E-state index is 0.0240. The summed E-state index contributed by atoms with van der Waals surface area (Å²) in [7, 11) is 0. The van der Waals surface area contributed by atoms with Gasteiger partial charge in [0.1, 0.15) is 0 Å². The van der Waals surface area contributed by atoms with Crippen molar-refractivity contribution in [3.05, 3.63) is 29.8 Å². The van der Waals surface area contributed by atoms with E-state index in [0.29, 0.717) is 0 Å². The lowest BCUT2D eigenvalue weighted by Crippen LogP contribution is -2.22. The molecule has 0 saturated heterocycles. The SMILES string of the molecule is NCC(O)CCOc1c(F)cccc1F. The maximum absolute atomic E-state index is 13.0. The fourth-order valence-corrected chi connectivity index (χ4v) is 1.04. The van der Waals surface area contributed by atoms with Crippen molar-refractivity contribution in [2.75, 3.05) is 13.2 Å². The van der Waals surface area contributed by atoms with Crippen molar-refractivity contribution >= 4 is 0 Å². The fraction of sp³-hybridized carbons (Fsp3) is 0.400. The van der Waals surface area contributed by atoms with Gasteiger partial charge in [-0.3, -0.25) is 0 Å². The average Bonchev–Trinajstić information content (AvgIpc) is 2.22. The summed E-state index contributed by atoms with van der Waals surface area (Å²) >= 11 is 0. The molecule has 5 heteroatoms. The molecule has 0 amide bonds. The Labute approximate surface area is 86.5 Å². The summed E-state index contributed by atoms with van der Waals surface area (Å²) in [4.78, 5) is 0. The van der Waals surface area contributed by atoms with Crippen LogP contribution in [0.4, 0.5) is 8.78 Å². The second kappa shape index (κ2) is 5.63. The molecule has 1 unspecified atom stereocenters. The Morgan fingerprint density at radius 1 is 1.33 bits per heavy atom. The Hall–Kier alpha value is -1.20. The number of halogens is 2. The van der Waals surface area contributed by atoms with E-state index < -0.39 is 23.5 Å². The van der Waals surface area contributed by atoms with Gasteiger partial charge < -0.3 is 15.6 Å². The molecule has 0 fully saturated rings. The maximum atomic E-state index is 13.0. The highest BCUT2D eigenvalue weighted by Gasteiger charge is 2.10. The van der Waals surface area contributed by atoms with Gasteiger partial charge in [0.25, 0.3) is 0 Å². The van der Waals surface area contributed by atoms with Crippen molar-refractivity contribution in [2.45, 2.75) is 12.5 Å². The highest BCUT2D eigenvalue weighted by atomic mass is 19.1. The van der Waals surface area contributed by atoms with Gasteiger partial charge in [-0.2, -0.15) is 0 Å². The first-order valence-corrected chi connectivity index (χ1v) is 4.60. The number of rotatable bonds is 5. The molecule has 0 aliphatic carbocycles. The summed E-state index contributed by atoms with van der Waals surface area (Å²) in [6.07, 6.45) is -0.468. The topological polar surface area (TPSA) is 55.5 Å². The maximum Gasteiger partial charge on any atom is 0.190 e. The predicted molar refractivity (Wildman–Crippen MR) is 51.5 cm³/mol. The molecule has 0 radical (unpaired) electrons. The molecule has 1 atom stereocenters. The number of aliphatic hydroxyl groups excluding tert-OH is 1. The predicted octanol–water partition coefficient (Wildman–Crippen LogP) is 1.05. The van der Waals surface area contributed by atoms with Gasteiger partial charge in [-0.05, 0) is 12.1 Å². The van der Waals surface area contributed by atoms with Gasteiger partial charge in [-0.15, -0.1) is 0 Å². The molecule has 3 N–H and O–H groups in total. The molecule has 0 saturated carbocycles. The molecule has 1 rings (SSSR count). The van der Waals surface area contributed by atoms with E-state index in [4.69, 9.17) is 15.6 Å². The highest BCUT2D eigenvalue weighted by molar-refractivity contribution is 5.25. The third-order valence-electron chi connectivity index (χ3n) is 1.89. The van der Waals surface area contributed by atoms with Crippen LogP contribution in [-0.4, -0.2) is 24.4 Å². The van der Waals surface area contributed by atoms with E-state index in [-0.39, 0.29) is 19.6 Å². The molecular weight excluding hydrogens is 204 g/mol. The third kappa shape index (κ3) is 3.45. The monoisotopic (exact) mass is 217 g/mol. The molecule has 15 heavy (non-hydrogen) atoms. The Morgan fingerprint density at radius 3 is 2.47 bits per heavy atom. The molecule has 0 heterocycles. The van der Waals surface area contributed by atoms with E-state index in [0.717, 1.165) is 12.1 Å². The summed E-state index contributed by atoms with van der Waals surface area (Å²) in [5, 5.41) is 9.08. The van der Waals surface area contributed by atoms with E-state index in [1.165, 1.54) is 6.07 Å².